The van der Waals surface area contributed by atoms with E-state index in [4.69, 9.17) is 13.7 Å². The molecule has 0 radical (unpaired) electrons. The van der Waals surface area contributed by atoms with Gasteiger partial charge in [-0.3, -0.25) is 4.79 Å². The maximum absolute atomic E-state index is 12.6. The van der Waals surface area contributed by atoms with Gasteiger partial charge in [0, 0.05) is 20.0 Å². The van der Waals surface area contributed by atoms with Gasteiger partial charge in [-0.05, 0) is 31.7 Å². The standard InChI is InChI=1S/C16H19N3O4/c1-9-12(4-6-21-9)16(20)19-5-3-11-7-13(22-14(11)8-19)15-17-10(2)23-18-15/h4,6,11,13-14H,3,5,7-8H2,1-2H3/t11-,13+,14+/m0/s1. The summed E-state index contributed by atoms with van der Waals surface area (Å²) in [5.41, 5.74) is 0.631. The van der Waals surface area contributed by atoms with Gasteiger partial charge in [0.05, 0.1) is 17.9 Å². The van der Waals surface area contributed by atoms with Crippen LogP contribution in [0.1, 0.15) is 46.8 Å². The van der Waals surface area contributed by atoms with Crippen molar-refractivity contribution in [2.75, 3.05) is 13.1 Å². The maximum Gasteiger partial charge on any atom is 0.257 e. The van der Waals surface area contributed by atoms with Crippen LogP contribution in [0, 0.1) is 19.8 Å². The van der Waals surface area contributed by atoms with Crippen molar-refractivity contribution in [3.05, 3.63) is 35.4 Å². The lowest BCUT2D eigenvalue weighted by Crippen LogP contribution is -2.45. The molecule has 0 bridgehead atoms. The number of carbonyl (C=O) groups is 1. The van der Waals surface area contributed by atoms with Crippen molar-refractivity contribution in [1.29, 1.82) is 0 Å². The Bertz CT molecular complexity index is 722. The number of nitrogens with zero attached hydrogens (tertiary/aromatic N) is 3. The molecule has 0 spiro atoms. The van der Waals surface area contributed by atoms with Crippen LogP contribution in [-0.4, -0.2) is 40.1 Å². The van der Waals surface area contributed by atoms with E-state index < -0.39 is 0 Å². The number of carbonyl (C=O) groups excluding carboxylic acids is 1. The summed E-state index contributed by atoms with van der Waals surface area (Å²) >= 11 is 0. The van der Waals surface area contributed by atoms with Crippen LogP contribution in [0.3, 0.4) is 0 Å². The van der Waals surface area contributed by atoms with E-state index in [0.717, 1.165) is 19.4 Å². The van der Waals surface area contributed by atoms with Gasteiger partial charge in [0.1, 0.15) is 11.9 Å². The molecule has 2 aromatic rings. The molecule has 0 aliphatic carbocycles. The Morgan fingerprint density at radius 3 is 2.96 bits per heavy atom. The van der Waals surface area contributed by atoms with Crippen LogP contribution in [0.25, 0.3) is 0 Å². The first-order valence-corrected chi connectivity index (χ1v) is 7.91. The van der Waals surface area contributed by atoms with Gasteiger partial charge in [-0.2, -0.15) is 4.98 Å². The zero-order valence-corrected chi connectivity index (χ0v) is 13.2. The largest absolute Gasteiger partial charge is 0.469 e. The first-order chi connectivity index (χ1) is 11.1. The number of aromatic nitrogens is 2. The normalized spacial score (nSPS) is 27.2. The van der Waals surface area contributed by atoms with E-state index in [1.54, 1.807) is 26.2 Å². The first-order valence-electron chi connectivity index (χ1n) is 7.91. The molecular weight excluding hydrogens is 298 g/mol. The minimum Gasteiger partial charge on any atom is -0.469 e. The SMILES string of the molecule is Cc1nc([C@H]2C[C@@H]3CCN(C(=O)c4ccoc4C)C[C@H]3O2)no1. The Kier molecular flexibility index (Phi) is 3.45. The van der Waals surface area contributed by atoms with Crippen molar-refractivity contribution >= 4 is 5.91 Å². The lowest BCUT2D eigenvalue weighted by Gasteiger charge is -2.33. The van der Waals surface area contributed by atoms with E-state index in [-0.39, 0.29) is 18.1 Å². The van der Waals surface area contributed by atoms with Crippen molar-refractivity contribution in [3.63, 3.8) is 0 Å². The number of rotatable bonds is 2. The molecular formula is C16H19N3O4. The molecule has 1 amide bonds. The fourth-order valence-electron chi connectivity index (χ4n) is 3.50. The second-order valence-electron chi connectivity index (χ2n) is 6.26. The molecule has 2 aliphatic rings. The molecule has 7 nitrogen and oxygen atoms in total. The molecule has 2 saturated heterocycles. The van der Waals surface area contributed by atoms with E-state index in [0.29, 0.717) is 35.5 Å². The zero-order chi connectivity index (χ0) is 16.0. The number of fused-ring (bicyclic) bond motifs is 1. The molecule has 2 aliphatic heterocycles. The third kappa shape index (κ3) is 2.55. The molecule has 23 heavy (non-hydrogen) atoms. The minimum absolute atomic E-state index is 0.0113. The van der Waals surface area contributed by atoms with Gasteiger partial charge >= 0.3 is 0 Å². The summed E-state index contributed by atoms with van der Waals surface area (Å²) in [6.45, 7) is 4.92. The number of aryl methyl sites for hydroxylation is 2. The molecule has 3 atom stereocenters. The summed E-state index contributed by atoms with van der Waals surface area (Å²) in [5, 5.41) is 3.96. The fourth-order valence-corrected chi connectivity index (χ4v) is 3.50. The van der Waals surface area contributed by atoms with Gasteiger partial charge < -0.3 is 18.6 Å². The van der Waals surface area contributed by atoms with Crippen LogP contribution < -0.4 is 0 Å². The Morgan fingerprint density at radius 1 is 1.39 bits per heavy atom. The van der Waals surface area contributed by atoms with Gasteiger partial charge in [0.2, 0.25) is 11.7 Å². The monoisotopic (exact) mass is 317 g/mol. The molecule has 0 N–H and O–H groups in total. The van der Waals surface area contributed by atoms with Crippen LogP contribution in [0.2, 0.25) is 0 Å². The molecule has 0 saturated carbocycles. The maximum atomic E-state index is 12.6. The Labute approximate surface area is 133 Å². The third-order valence-corrected chi connectivity index (χ3v) is 4.76. The van der Waals surface area contributed by atoms with Gasteiger partial charge in [-0.1, -0.05) is 5.16 Å². The summed E-state index contributed by atoms with van der Waals surface area (Å²) < 4.78 is 16.4. The van der Waals surface area contributed by atoms with Crippen molar-refractivity contribution in [2.45, 2.75) is 38.9 Å². The topological polar surface area (TPSA) is 81.6 Å². The lowest BCUT2D eigenvalue weighted by atomic mass is 9.91. The number of hydrogen-bond donors (Lipinski definition) is 0. The van der Waals surface area contributed by atoms with Crippen molar-refractivity contribution in [2.24, 2.45) is 5.92 Å². The second kappa shape index (κ2) is 5.49. The van der Waals surface area contributed by atoms with E-state index in [2.05, 4.69) is 10.1 Å². The third-order valence-electron chi connectivity index (χ3n) is 4.76. The number of piperidine rings is 1. The van der Waals surface area contributed by atoms with Gasteiger partial charge in [-0.25, -0.2) is 0 Å². The van der Waals surface area contributed by atoms with Crippen LogP contribution in [0.5, 0.6) is 0 Å². The van der Waals surface area contributed by atoms with E-state index in [1.807, 2.05) is 4.90 Å². The average molecular weight is 317 g/mol. The molecule has 122 valence electrons. The quantitative estimate of drug-likeness (QED) is 0.845. The number of likely N-dealkylation sites (tertiary alicyclic amines) is 1. The smallest absolute Gasteiger partial charge is 0.257 e. The minimum atomic E-state index is -0.131. The van der Waals surface area contributed by atoms with E-state index >= 15 is 0 Å². The molecule has 4 rings (SSSR count). The molecule has 0 aromatic carbocycles. The molecule has 7 heteroatoms. The zero-order valence-electron chi connectivity index (χ0n) is 13.2. The highest BCUT2D eigenvalue weighted by Crippen LogP contribution is 2.40. The summed E-state index contributed by atoms with van der Waals surface area (Å²) in [6.07, 6.45) is 3.27. The molecule has 4 heterocycles. The Morgan fingerprint density at radius 2 is 2.26 bits per heavy atom. The molecule has 2 fully saturated rings. The van der Waals surface area contributed by atoms with E-state index in [1.165, 1.54) is 0 Å². The van der Waals surface area contributed by atoms with Crippen LogP contribution in [0.15, 0.2) is 21.3 Å². The summed E-state index contributed by atoms with van der Waals surface area (Å²) in [4.78, 5) is 18.7. The number of amides is 1. The number of ether oxygens (including phenoxy) is 1. The molecule has 2 aromatic heterocycles. The fraction of sp³-hybridized carbons (Fsp3) is 0.562. The lowest BCUT2D eigenvalue weighted by molar-refractivity contribution is -0.00752. The van der Waals surface area contributed by atoms with E-state index in [9.17, 15) is 4.79 Å². The summed E-state index contributed by atoms with van der Waals surface area (Å²) in [5.74, 6) is 2.27. The Balaban J connectivity index is 1.45. The highest BCUT2D eigenvalue weighted by molar-refractivity contribution is 5.95. The highest BCUT2D eigenvalue weighted by Gasteiger charge is 2.42. The number of hydrogen-bond acceptors (Lipinski definition) is 6. The summed E-state index contributed by atoms with van der Waals surface area (Å²) in [7, 11) is 0. The van der Waals surface area contributed by atoms with Crippen LogP contribution >= 0.6 is 0 Å². The van der Waals surface area contributed by atoms with Gasteiger partial charge in [0.15, 0.2) is 0 Å². The van der Waals surface area contributed by atoms with Crippen LogP contribution in [-0.2, 0) is 4.74 Å². The van der Waals surface area contributed by atoms with Crippen LogP contribution in [0.4, 0.5) is 0 Å². The van der Waals surface area contributed by atoms with Crippen molar-refractivity contribution in [3.8, 4) is 0 Å². The Hall–Kier alpha value is -2.15. The predicted octanol–water partition coefficient (Wildman–Crippen LogP) is 2.27. The van der Waals surface area contributed by atoms with Gasteiger partial charge in [0.25, 0.3) is 5.91 Å². The van der Waals surface area contributed by atoms with Crippen molar-refractivity contribution in [1.82, 2.24) is 15.0 Å². The van der Waals surface area contributed by atoms with Crippen molar-refractivity contribution < 1.29 is 18.5 Å². The molecule has 0 unspecified atom stereocenters. The highest BCUT2D eigenvalue weighted by atomic mass is 16.5. The first kappa shape index (κ1) is 14.4. The summed E-state index contributed by atoms with van der Waals surface area (Å²) in [6, 6.07) is 1.73. The average Bonchev–Trinajstić information content (AvgIpc) is 3.24. The predicted molar refractivity (Wildman–Crippen MR) is 78.7 cm³/mol. The number of furan rings is 1. The second-order valence-corrected chi connectivity index (χ2v) is 6.26. The van der Waals surface area contributed by atoms with Gasteiger partial charge in [-0.15, -0.1) is 0 Å².